The Balaban J connectivity index is 2.56. The summed E-state index contributed by atoms with van der Waals surface area (Å²) in [4.78, 5) is 43.1. The maximum atomic E-state index is 14.0. The van der Waals surface area contributed by atoms with Gasteiger partial charge in [0.15, 0.2) is 0 Å². The van der Waals surface area contributed by atoms with Gasteiger partial charge in [-0.25, -0.2) is 0 Å². The number of rotatable bonds is 43. The zero-order chi connectivity index (χ0) is 42.7. The Morgan fingerprint density at radius 2 is 1.02 bits per heavy atom. The first-order valence-corrected chi connectivity index (χ1v) is 27.4. The van der Waals surface area contributed by atoms with Crippen molar-refractivity contribution >= 4 is 39.4 Å². The smallest absolute Gasteiger partial charge is 0.306 e. The number of hydrogen-bond donors (Lipinski definition) is 0. The van der Waals surface area contributed by atoms with E-state index in [2.05, 4.69) is 42.7 Å². The Hall–Kier alpha value is -1.45. The average Bonchev–Trinajstić information content (AvgIpc) is 3.76. The molecule has 1 amide bonds. The van der Waals surface area contributed by atoms with Gasteiger partial charge in [-0.05, 0) is 96.7 Å². The van der Waals surface area contributed by atoms with Gasteiger partial charge in [-0.2, -0.15) is 0 Å². The largest absolute Gasteiger partial charge is 0.461 e. The Labute approximate surface area is 372 Å². The third-order valence-electron chi connectivity index (χ3n) is 11.4. The molecule has 0 unspecified atom stereocenters. The average molecular weight is 865 g/mol. The van der Waals surface area contributed by atoms with Gasteiger partial charge >= 0.3 is 11.9 Å². The second kappa shape index (κ2) is 43.2. The predicted molar refractivity (Wildman–Crippen MR) is 257 cm³/mol. The highest BCUT2D eigenvalue weighted by molar-refractivity contribution is 8.76. The highest BCUT2D eigenvalue weighted by Crippen LogP contribution is 2.26. The fourth-order valence-electron chi connectivity index (χ4n) is 7.77. The lowest BCUT2D eigenvalue weighted by molar-refractivity contribution is -0.143. The number of carbonyl (C=O) groups is 3. The molecule has 7 nitrogen and oxygen atoms in total. The van der Waals surface area contributed by atoms with E-state index in [9.17, 15) is 14.4 Å². The number of likely N-dealkylation sites (tertiary alicyclic amines) is 1. The number of allylic oxidation sites excluding steroid dienone is 2. The van der Waals surface area contributed by atoms with E-state index in [4.69, 9.17) is 9.47 Å². The van der Waals surface area contributed by atoms with Gasteiger partial charge < -0.3 is 19.3 Å². The summed E-state index contributed by atoms with van der Waals surface area (Å²) in [5.41, 5.74) is 0. The number of amides is 1. The van der Waals surface area contributed by atoms with Crippen LogP contribution in [0, 0.1) is 0 Å². The molecular formula is C50H92N2O5S2. The monoisotopic (exact) mass is 865 g/mol. The molecule has 9 heteroatoms. The first-order chi connectivity index (χ1) is 29.0. The molecule has 0 aromatic rings. The van der Waals surface area contributed by atoms with Crippen molar-refractivity contribution in [1.29, 1.82) is 0 Å². The number of unbranched alkanes of at least 4 members (excludes halogenated alkanes) is 18. The molecule has 59 heavy (non-hydrogen) atoms. The standard InChI is InChI=1S/C50H92N2O5S2/c1-4-7-10-12-22-30-43-56-49(54)36-26-20-16-14-18-24-34-47(35-25-19-15-17-21-27-37-50(55)57-44-31-23-13-11-8-5-2)52(42-33-41-51-39-28-29-40-51)48(53)38-46-59-58-45-32-9-6-3/h22-23,30-31,47H,4-21,24-29,32-46H2,1-3H3/b30-22-,31-23-. The summed E-state index contributed by atoms with van der Waals surface area (Å²) in [6, 6.07) is 0.314. The van der Waals surface area contributed by atoms with Crippen LogP contribution in [-0.2, 0) is 23.9 Å². The van der Waals surface area contributed by atoms with Gasteiger partial charge in [-0.1, -0.05) is 169 Å². The molecule has 0 saturated carbocycles. The lowest BCUT2D eigenvalue weighted by atomic mass is 9.98. The van der Waals surface area contributed by atoms with Crippen LogP contribution in [0.4, 0.5) is 0 Å². The molecule has 1 saturated heterocycles. The summed E-state index contributed by atoms with van der Waals surface area (Å²) in [5, 5.41) is 0. The summed E-state index contributed by atoms with van der Waals surface area (Å²) in [6.07, 6.45) is 42.3. The molecule has 1 rings (SSSR count). The second-order valence-electron chi connectivity index (χ2n) is 16.9. The summed E-state index contributed by atoms with van der Waals surface area (Å²) in [5.74, 6) is 2.28. The third-order valence-corrected chi connectivity index (χ3v) is 13.9. The van der Waals surface area contributed by atoms with Crippen LogP contribution in [0.5, 0.6) is 0 Å². The number of nitrogens with zero attached hydrogens (tertiary/aromatic N) is 2. The molecule has 344 valence electrons. The molecular weight excluding hydrogens is 773 g/mol. The fraction of sp³-hybridized carbons (Fsp3) is 0.860. The van der Waals surface area contributed by atoms with E-state index < -0.39 is 0 Å². The van der Waals surface area contributed by atoms with Crippen LogP contribution < -0.4 is 0 Å². The summed E-state index contributed by atoms with van der Waals surface area (Å²) in [6.45, 7) is 11.9. The van der Waals surface area contributed by atoms with Crippen molar-refractivity contribution in [3.8, 4) is 0 Å². The topological polar surface area (TPSA) is 76.2 Å². The van der Waals surface area contributed by atoms with Crippen LogP contribution in [0.2, 0.25) is 0 Å². The van der Waals surface area contributed by atoms with Crippen molar-refractivity contribution in [3.05, 3.63) is 24.3 Å². The Morgan fingerprint density at radius 1 is 0.542 bits per heavy atom. The van der Waals surface area contributed by atoms with Crippen LogP contribution >= 0.6 is 21.6 Å². The second-order valence-corrected chi connectivity index (χ2v) is 19.6. The third kappa shape index (κ3) is 35.8. The molecule has 1 aliphatic rings. The molecule has 0 spiro atoms. The lowest BCUT2D eigenvalue weighted by Crippen LogP contribution is -2.42. The first kappa shape index (κ1) is 55.6. The van der Waals surface area contributed by atoms with Crippen molar-refractivity contribution < 1.29 is 23.9 Å². The maximum Gasteiger partial charge on any atom is 0.306 e. The van der Waals surface area contributed by atoms with E-state index in [1.54, 1.807) is 0 Å². The molecule has 0 aliphatic carbocycles. The number of carbonyl (C=O) groups excluding carboxylic acids is 3. The number of ether oxygens (including phenoxy) is 2. The quantitative estimate of drug-likeness (QED) is 0.0260. The van der Waals surface area contributed by atoms with Gasteiger partial charge in [-0.3, -0.25) is 14.4 Å². The molecule has 0 aromatic heterocycles. The van der Waals surface area contributed by atoms with E-state index in [0.717, 1.165) is 102 Å². The molecule has 0 aromatic carbocycles. The molecule has 1 aliphatic heterocycles. The van der Waals surface area contributed by atoms with Crippen molar-refractivity contribution in [2.75, 3.05) is 50.9 Å². The van der Waals surface area contributed by atoms with Crippen LogP contribution in [0.1, 0.15) is 220 Å². The van der Waals surface area contributed by atoms with Crippen LogP contribution in [-0.4, -0.2) is 84.6 Å². The van der Waals surface area contributed by atoms with Crippen molar-refractivity contribution in [2.45, 2.75) is 226 Å². The van der Waals surface area contributed by atoms with Gasteiger partial charge in [0.2, 0.25) is 5.91 Å². The van der Waals surface area contributed by atoms with Crippen molar-refractivity contribution in [2.24, 2.45) is 0 Å². The Bertz CT molecular complexity index is 983. The van der Waals surface area contributed by atoms with E-state index in [0.29, 0.717) is 44.4 Å². The maximum absolute atomic E-state index is 14.0. The minimum absolute atomic E-state index is 0.0781. The van der Waals surface area contributed by atoms with Gasteiger partial charge in [0.05, 0.1) is 0 Å². The first-order valence-electron chi connectivity index (χ1n) is 24.9. The zero-order valence-electron chi connectivity index (χ0n) is 38.7. The summed E-state index contributed by atoms with van der Waals surface area (Å²) >= 11 is 0. The van der Waals surface area contributed by atoms with Crippen LogP contribution in [0.25, 0.3) is 0 Å². The molecule has 0 radical (unpaired) electrons. The van der Waals surface area contributed by atoms with Crippen molar-refractivity contribution in [3.63, 3.8) is 0 Å². The Kier molecular flexibility index (Phi) is 40.7. The minimum atomic E-state index is -0.0781. The van der Waals surface area contributed by atoms with Gasteiger partial charge in [-0.15, -0.1) is 0 Å². The summed E-state index contributed by atoms with van der Waals surface area (Å²) < 4.78 is 10.8. The van der Waals surface area contributed by atoms with E-state index in [1.165, 1.54) is 115 Å². The lowest BCUT2D eigenvalue weighted by Gasteiger charge is -2.33. The van der Waals surface area contributed by atoms with Crippen LogP contribution in [0.3, 0.4) is 0 Å². The highest BCUT2D eigenvalue weighted by atomic mass is 33.1. The van der Waals surface area contributed by atoms with E-state index in [1.807, 2.05) is 33.7 Å². The normalized spacial score (nSPS) is 13.4. The molecule has 0 atom stereocenters. The van der Waals surface area contributed by atoms with Crippen molar-refractivity contribution in [1.82, 2.24) is 9.80 Å². The highest BCUT2D eigenvalue weighted by Gasteiger charge is 2.23. The van der Waals surface area contributed by atoms with E-state index in [-0.39, 0.29) is 11.9 Å². The SMILES string of the molecule is CCCCC/C=C\COC(=O)CCCCCCCCC(CCCCCCCCC(=O)OC/C=C\CCCCC)N(CCCN1CCCC1)C(=O)CCSSCCCCC. The number of esters is 2. The Morgan fingerprint density at radius 3 is 1.54 bits per heavy atom. The summed E-state index contributed by atoms with van der Waals surface area (Å²) in [7, 11) is 3.82. The van der Waals surface area contributed by atoms with Gasteiger partial charge in [0, 0.05) is 43.4 Å². The predicted octanol–water partition coefficient (Wildman–Crippen LogP) is 14.2. The molecule has 0 N–H and O–H groups in total. The zero-order valence-corrected chi connectivity index (χ0v) is 40.3. The van der Waals surface area contributed by atoms with Gasteiger partial charge in [0.25, 0.3) is 0 Å². The minimum Gasteiger partial charge on any atom is -0.461 e. The van der Waals surface area contributed by atoms with E-state index >= 15 is 0 Å². The fourth-order valence-corrected chi connectivity index (χ4v) is 9.90. The van der Waals surface area contributed by atoms with Gasteiger partial charge in [0.1, 0.15) is 13.2 Å². The molecule has 1 fully saturated rings. The number of hydrogen-bond acceptors (Lipinski definition) is 8. The molecule has 1 heterocycles. The van der Waals surface area contributed by atoms with Crippen LogP contribution in [0.15, 0.2) is 24.3 Å². The molecule has 0 bridgehead atoms.